The highest BCUT2D eigenvalue weighted by atomic mass is 35.5. The van der Waals surface area contributed by atoms with Crippen LogP contribution >= 0.6 is 23.2 Å². The van der Waals surface area contributed by atoms with Crippen LogP contribution in [-0.4, -0.2) is 37.0 Å². The molecule has 1 aliphatic heterocycles. The standard InChI is InChI=1S/C18H17Cl2FN2O/c1-12-11-13(19)5-6-16(12)22-7-9-23(10-8-22)18(24)17-14(20)3-2-4-15(17)21/h2-6,11H,7-10H2,1H3. The molecule has 24 heavy (non-hydrogen) atoms. The number of hydrogen-bond acceptors (Lipinski definition) is 2. The van der Waals surface area contributed by atoms with Gasteiger partial charge in [0.05, 0.1) is 10.6 Å². The number of carbonyl (C=O) groups is 1. The van der Waals surface area contributed by atoms with Crippen molar-refractivity contribution in [2.75, 3.05) is 31.1 Å². The number of amides is 1. The van der Waals surface area contributed by atoms with Crippen LogP contribution in [0, 0.1) is 12.7 Å². The van der Waals surface area contributed by atoms with Crippen molar-refractivity contribution in [3.8, 4) is 0 Å². The topological polar surface area (TPSA) is 23.6 Å². The summed E-state index contributed by atoms with van der Waals surface area (Å²) in [4.78, 5) is 16.4. The fourth-order valence-electron chi connectivity index (χ4n) is 2.98. The van der Waals surface area contributed by atoms with Crippen LogP contribution in [0.2, 0.25) is 10.0 Å². The monoisotopic (exact) mass is 366 g/mol. The largest absolute Gasteiger partial charge is 0.368 e. The van der Waals surface area contributed by atoms with Gasteiger partial charge in [-0.2, -0.15) is 0 Å². The van der Waals surface area contributed by atoms with Crippen molar-refractivity contribution in [1.29, 1.82) is 0 Å². The molecule has 0 spiro atoms. The molecule has 0 aliphatic carbocycles. The predicted molar refractivity (Wildman–Crippen MR) is 95.7 cm³/mol. The molecule has 0 unspecified atom stereocenters. The van der Waals surface area contributed by atoms with Crippen molar-refractivity contribution in [3.05, 3.63) is 63.4 Å². The van der Waals surface area contributed by atoms with E-state index in [1.807, 2.05) is 25.1 Å². The molecular formula is C18H17Cl2FN2O. The van der Waals surface area contributed by atoms with E-state index in [4.69, 9.17) is 23.2 Å². The van der Waals surface area contributed by atoms with Crippen LogP contribution in [0.1, 0.15) is 15.9 Å². The van der Waals surface area contributed by atoms with Crippen molar-refractivity contribution in [1.82, 2.24) is 4.90 Å². The van der Waals surface area contributed by atoms with Crippen LogP contribution in [0.25, 0.3) is 0 Å². The summed E-state index contributed by atoms with van der Waals surface area (Å²) in [5.74, 6) is -0.936. The van der Waals surface area contributed by atoms with Gasteiger partial charge in [0, 0.05) is 36.9 Å². The molecule has 6 heteroatoms. The van der Waals surface area contributed by atoms with Crippen LogP contribution in [0.5, 0.6) is 0 Å². The first-order chi connectivity index (χ1) is 11.5. The number of piperazine rings is 1. The summed E-state index contributed by atoms with van der Waals surface area (Å²) >= 11 is 12.0. The van der Waals surface area contributed by atoms with Crippen molar-refractivity contribution in [2.45, 2.75) is 6.92 Å². The average molecular weight is 367 g/mol. The molecule has 1 heterocycles. The number of halogens is 3. The van der Waals surface area contributed by atoms with E-state index >= 15 is 0 Å². The van der Waals surface area contributed by atoms with E-state index in [9.17, 15) is 9.18 Å². The maximum atomic E-state index is 13.9. The van der Waals surface area contributed by atoms with Gasteiger partial charge in [-0.1, -0.05) is 29.3 Å². The Morgan fingerprint density at radius 1 is 1.08 bits per heavy atom. The Morgan fingerprint density at radius 3 is 2.42 bits per heavy atom. The highest BCUT2D eigenvalue weighted by Crippen LogP contribution is 2.26. The van der Waals surface area contributed by atoms with Crippen LogP contribution in [-0.2, 0) is 0 Å². The highest BCUT2D eigenvalue weighted by Gasteiger charge is 2.26. The van der Waals surface area contributed by atoms with Crippen LogP contribution in [0.15, 0.2) is 36.4 Å². The minimum Gasteiger partial charge on any atom is -0.368 e. The Labute approximate surface area is 150 Å². The van der Waals surface area contributed by atoms with Crippen molar-refractivity contribution >= 4 is 34.8 Å². The highest BCUT2D eigenvalue weighted by molar-refractivity contribution is 6.33. The van der Waals surface area contributed by atoms with Crippen LogP contribution in [0.4, 0.5) is 10.1 Å². The number of carbonyl (C=O) groups excluding carboxylic acids is 1. The smallest absolute Gasteiger partial charge is 0.258 e. The first kappa shape index (κ1) is 17.1. The number of rotatable bonds is 2. The quantitative estimate of drug-likeness (QED) is 0.785. The summed E-state index contributed by atoms with van der Waals surface area (Å²) < 4.78 is 13.9. The lowest BCUT2D eigenvalue weighted by atomic mass is 10.1. The second-order valence-electron chi connectivity index (χ2n) is 5.81. The van der Waals surface area contributed by atoms with Crippen LogP contribution < -0.4 is 4.90 Å². The molecule has 1 aliphatic rings. The second-order valence-corrected chi connectivity index (χ2v) is 6.65. The molecule has 0 aromatic heterocycles. The first-order valence-electron chi connectivity index (χ1n) is 7.72. The van der Waals surface area contributed by atoms with Gasteiger partial charge in [-0.05, 0) is 42.8 Å². The van der Waals surface area contributed by atoms with Gasteiger partial charge < -0.3 is 9.80 Å². The predicted octanol–water partition coefficient (Wildman–Crippen LogP) is 4.40. The fraction of sp³-hybridized carbons (Fsp3) is 0.278. The van der Waals surface area contributed by atoms with E-state index in [2.05, 4.69) is 4.90 Å². The number of aryl methyl sites for hydroxylation is 1. The molecule has 2 aromatic carbocycles. The lowest BCUT2D eigenvalue weighted by molar-refractivity contribution is 0.0742. The van der Waals surface area contributed by atoms with Gasteiger partial charge in [-0.25, -0.2) is 4.39 Å². The minimum absolute atomic E-state index is 0.0460. The van der Waals surface area contributed by atoms with Gasteiger partial charge in [0.1, 0.15) is 5.82 Å². The van der Waals surface area contributed by atoms with Gasteiger partial charge in [0.15, 0.2) is 0 Å². The first-order valence-corrected chi connectivity index (χ1v) is 8.47. The number of anilines is 1. The Kier molecular flexibility index (Phi) is 4.97. The molecule has 1 fully saturated rings. The Morgan fingerprint density at radius 2 is 1.79 bits per heavy atom. The molecule has 126 valence electrons. The molecule has 0 N–H and O–H groups in total. The van der Waals surface area contributed by atoms with Crippen molar-refractivity contribution < 1.29 is 9.18 Å². The average Bonchev–Trinajstić information content (AvgIpc) is 2.55. The van der Waals surface area contributed by atoms with E-state index in [0.717, 1.165) is 11.3 Å². The molecule has 0 saturated carbocycles. The molecule has 0 radical (unpaired) electrons. The maximum Gasteiger partial charge on any atom is 0.258 e. The maximum absolute atomic E-state index is 13.9. The molecule has 0 atom stereocenters. The molecule has 1 saturated heterocycles. The van der Waals surface area contributed by atoms with Crippen molar-refractivity contribution in [3.63, 3.8) is 0 Å². The van der Waals surface area contributed by atoms with Crippen molar-refractivity contribution in [2.24, 2.45) is 0 Å². The lowest BCUT2D eigenvalue weighted by Crippen LogP contribution is -2.49. The summed E-state index contributed by atoms with van der Waals surface area (Å²) in [6.45, 7) is 4.41. The molecule has 3 nitrogen and oxygen atoms in total. The van der Waals surface area contributed by atoms with Gasteiger partial charge in [-0.3, -0.25) is 4.79 Å². The third-order valence-corrected chi connectivity index (χ3v) is 4.79. The summed E-state index contributed by atoms with van der Waals surface area (Å²) in [5, 5.41) is 0.857. The van der Waals surface area contributed by atoms with Gasteiger partial charge in [0.25, 0.3) is 5.91 Å². The number of nitrogens with zero attached hydrogens (tertiary/aromatic N) is 2. The van der Waals surface area contributed by atoms with E-state index in [1.54, 1.807) is 4.90 Å². The Bertz CT molecular complexity index is 753. The zero-order valence-electron chi connectivity index (χ0n) is 13.2. The Hall–Kier alpha value is -1.78. The Balaban J connectivity index is 1.72. The zero-order valence-corrected chi connectivity index (χ0v) is 14.7. The van der Waals surface area contributed by atoms with E-state index < -0.39 is 5.82 Å². The lowest BCUT2D eigenvalue weighted by Gasteiger charge is -2.37. The molecular weight excluding hydrogens is 350 g/mol. The summed E-state index contributed by atoms with van der Waals surface area (Å²) in [6.07, 6.45) is 0. The normalized spacial score (nSPS) is 14.8. The number of benzene rings is 2. The minimum atomic E-state index is -0.580. The summed E-state index contributed by atoms with van der Waals surface area (Å²) in [5.41, 5.74) is 2.16. The SMILES string of the molecule is Cc1cc(Cl)ccc1N1CCN(C(=O)c2c(F)cccc2Cl)CC1. The van der Waals surface area contributed by atoms with Gasteiger partial charge in [0.2, 0.25) is 0 Å². The summed E-state index contributed by atoms with van der Waals surface area (Å²) in [7, 11) is 0. The number of hydrogen-bond donors (Lipinski definition) is 0. The van der Waals surface area contributed by atoms with Gasteiger partial charge >= 0.3 is 0 Å². The third-order valence-electron chi connectivity index (χ3n) is 4.24. The fourth-order valence-corrected chi connectivity index (χ4v) is 3.45. The summed E-state index contributed by atoms with van der Waals surface area (Å²) in [6, 6.07) is 10.1. The zero-order chi connectivity index (χ0) is 17.3. The van der Waals surface area contributed by atoms with Crippen LogP contribution in [0.3, 0.4) is 0 Å². The van der Waals surface area contributed by atoms with E-state index in [1.165, 1.54) is 18.2 Å². The van der Waals surface area contributed by atoms with Gasteiger partial charge in [-0.15, -0.1) is 0 Å². The molecule has 0 bridgehead atoms. The third kappa shape index (κ3) is 3.35. The molecule has 1 amide bonds. The van der Waals surface area contributed by atoms with E-state index in [0.29, 0.717) is 31.2 Å². The van der Waals surface area contributed by atoms with E-state index in [-0.39, 0.29) is 16.5 Å². The molecule has 3 rings (SSSR count). The molecule has 2 aromatic rings. The second kappa shape index (κ2) is 6.99.